The molecule has 0 aromatic carbocycles. The number of halogens is 1. The van der Waals surface area contributed by atoms with Gasteiger partial charge in [-0.05, 0) is 6.07 Å². The summed E-state index contributed by atoms with van der Waals surface area (Å²) in [4.78, 5) is 0. The fourth-order valence-electron chi connectivity index (χ4n) is 0.560. The average Bonchev–Trinajstić information content (AvgIpc) is 2.14. The van der Waals surface area contributed by atoms with Gasteiger partial charge < -0.3 is 5.11 Å². The summed E-state index contributed by atoms with van der Waals surface area (Å²) in [6.07, 6.45) is -0.385. The van der Waals surface area contributed by atoms with Crippen LogP contribution in [0.15, 0.2) is 12.3 Å². The van der Waals surface area contributed by atoms with E-state index >= 15 is 0 Å². The highest BCUT2D eigenvalue weighted by molar-refractivity contribution is 4.99. The number of aryl methyl sites for hydroxylation is 1. The third kappa shape index (κ3) is 1.26. The zero-order valence-electron chi connectivity index (χ0n) is 4.95. The summed E-state index contributed by atoms with van der Waals surface area (Å²) in [5, 5.41) is 11.9. The van der Waals surface area contributed by atoms with Crippen molar-refractivity contribution in [2.45, 2.75) is 6.36 Å². The van der Waals surface area contributed by atoms with Gasteiger partial charge in [-0.3, -0.25) is 4.68 Å². The number of rotatable bonds is 1. The summed E-state index contributed by atoms with van der Waals surface area (Å²) in [5.41, 5.74) is 0.0532. The highest BCUT2D eigenvalue weighted by atomic mass is 19.1. The van der Waals surface area contributed by atoms with Crippen LogP contribution in [0.5, 0.6) is 0 Å². The van der Waals surface area contributed by atoms with Gasteiger partial charge in [0.25, 0.3) is 0 Å². The Morgan fingerprint density at radius 3 is 2.78 bits per heavy atom. The van der Waals surface area contributed by atoms with Gasteiger partial charge in [-0.25, -0.2) is 4.39 Å². The Bertz CT molecular complexity index is 197. The number of nitrogens with zero attached hydrogens (tertiary/aromatic N) is 2. The van der Waals surface area contributed by atoms with Gasteiger partial charge in [0.15, 0.2) is 0 Å². The van der Waals surface area contributed by atoms with Crippen molar-refractivity contribution in [2.24, 2.45) is 7.05 Å². The first-order valence-electron chi connectivity index (χ1n) is 2.52. The molecule has 0 bridgehead atoms. The Hall–Kier alpha value is -0.900. The van der Waals surface area contributed by atoms with Gasteiger partial charge in [0.2, 0.25) is 6.36 Å². The van der Waals surface area contributed by atoms with E-state index in [2.05, 4.69) is 5.10 Å². The lowest BCUT2D eigenvalue weighted by Crippen LogP contribution is -1.93. The lowest BCUT2D eigenvalue weighted by molar-refractivity contribution is 0.0366. The zero-order chi connectivity index (χ0) is 6.85. The van der Waals surface area contributed by atoms with Crippen molar-refractivity contribution in [1.29, 1.82) is 0 Å². The number of hydrogen-bond donors (Lipinski definition) is 1. The molecule has 1 aromatic heterocycles. The van der Waals surface area contributed by atoms with Crippen molar-refractivity contribution in [1.82, 2.24) is 9.78 Å². The topological polar surface area (TPSA) is 38.0 Å². The molecule has 1 N–H and O–H groups in total. The molecule has 0 saturated heterocycles. The molecule has 0 spiro atoms. The van der Waals surface area contributed by atoms with Gasteiger partial charge in [0.1, 0.15) is 5.69 Å². The van der Waals surface area contributed by atoms with Gasteiger partial charge in [-0.1, -0.05) is 0 Å². The standard InChI is InChI=1S/C5H7FN2O/c1-8-3-2-4(7-8)5(6)9/h2-3,5,9H,1H3. The summed E-state index contributed by atoms with van der Waals surface area (Å²) in [6.45, 7) is 0. The molecule has 1 atom stereocenters. The molecule has 1 aromatic rings. The first-order chi connectivity index (χ1) is 4.20. The number of aliphatic hydroxyl groups excluding tert-OH is 1. The predicted molar refractivity (Wildman–Crippen MR) is 29.3 cm³/mol. The number of hydrogen-bond acceptors (Lipinski definition) is 2. The Morgan fingerprint density at radius 1 is 1.89 bits per heavy atom. The number of alkyl halides is 1. The maximum atomic E-state index is 11.9. The maximum absolute atomic E-state index is 11.9. The number of aromatic nitrogens is 2. The van der Waals surface area contributed by atoms with Crippen LogP contribution in [0.25, 0.3) is 0 Å². The summed E-state index contributed by atoms with van der Waals surface area (Å²) >= 11 is 0. The van der Waals surface area contributed by atoms with Crippen LogP contribution in [0.3, 0.4) is 0 Å². The minimum absolute atomic E-state index is 0.0532. The van der Waals surface area contributed by atoms with Gasteiger partial charge in [0.05, 0.1) is 0 Å². The molecule has 1 unspecified atom stereocenters. The molecule has 1 rings (SSSR count). The van der Waals surface area contributed by atoms with E-state index in [0.29, 0.717) is 0 Å². The molecule has 0 amide bonds. The van der Waals surface area contributed by atoms with Crippen LogP contribution >= 0.6 is 0 Å². The van der Waals surface area contributed by atoms with Crippen molar-refractivity contribution in [2.75, 3.05) is 0 Å². The van der Waals surface area contributed by atoms with Crippen molar-refractivity contribution in [3.05, 3.63) is 18.0 Å². The first kappa shape index (κ1) is 6.22. The lowest BCUT2D eigenvalue weighted by atomic mass is 10.4. The highest BCUT2D eigenvalue weighted by Crippen LogP contribution is 2.08. The van der Waals surface area contributed by atoms with Gasteiger partial charge in [-0.2, -0.15) is 5.10 Å². The van der Waals surface area contributed by atoms with Crippen LogP contribution in [0, 0.1) is 0 Å². The molecule has 1 heterocycles. The van der Waals surface area contributed by atoms with Crippen LogP contribution in [0.4, 0.5) is 4.39 Å². The average molecular weight is 130 g/mol. The molecule has 0 aliphatic rings. The van der Waals surface area contributed by atoms with E-state index in [0.717, 1.165) is 0 Å². The fourth-order valence-corrected chi connectivity index (χ4v) is 0.560. The third-order valence-electron chi connectivity index (χ3n) is 0.978. The molecule has 0 aliphatic carbocycles. The molecule has 0 saturated carbocycles. The zero-order valence-corrected chi connectivity index (χ0v) is 4.95. The Balaban J connectivity index is 2.85. The summed E-state index contributed by atoms with van der Waals surface area (Å²) in [6, 6.07) is 1.42. The van der Waals surface area contributed by atoms with Crippen LogP contribution in [0.1, 0.15) is 12.1 Å². The van der Waals surface area contributed by atoms with Gasteiger partial charge in [0, 0.05) is 13.2 Å². The second-order valence-corrected chi connectivity index (χ2v) is 1.75. The van der Waals surface area contributed by atoms with E-state index in [-0.39, 0.29) is 5.69 Å². The molecule has 0 aliphatic heterocycles. The van der Waals surface area contributed by atoms with E-state index in [1.165, 1.54) is 10.7 Å². The Morgan fingerprint density at radius 2 is 2.56 bits per heavy atom. The summed E-state index contributed by atoms with van der Waals surface area (Å²) in [5.74, 6) is 0. The van der Waals surface area contributed by atoms with E-state index in [1.54, 1.807) is 13.2 Å². The fraction of sp³-hybridized carbons (Fsp3) is 0.400. The van der Waals surface area contributed by atoms with Crippen molar-refractivity contribution < 1.29 is 9.50 Å². The maximum Gasteiger partial charge on any atom is 0.241 e. The SMILES string of the molecule is Cn1ccc(C(O)F)n1. The minimum Gasteiger partial charge on any atom is -0.359 e. The van der Waals surface area contributed by atoms with E-state index in [4.69, 9.17) is 5.11 Å². The molecule has 9 heavy (non-hydrogen) atoms. The summed E-state index contributed by atoms with van der Waals surface area (Å²) in [7, 11) is 1.66. The van der Waals surface area contributed by atoms with E-state index < -0.39 is 6.36 Å². The van der Waals surface area contributed by atoms with E-state index in [9.17, 15) is 4.39 Å². The van der Waals surface area contributed by atoms with Crippen molar-refractivity contribution in [3.63, 3.8) is 0 Å². The minimum atomic E-state index is -1.95. The monoisotopic (exact) mass is 130 g/mol. The molecule has 0 fully saturated rings. The quantitative estimate of drug-likeness (QED) is 0.596. The molecular formula is C5H7FN2O. The van der Waals surface area contributed by atoms with Crippen molar-refractivity contribution >= 4 is 0 Å². The van der Waals surface area contributed by atoms with Crippen molar-refractivity contribution in [3.8, 4) is 0 Å². The second kappa shape index (κ2) is 2.14. The van der Waals surface area contributed by atoms with Gasteiger partial charge >= 0.3 is 0 Å². The Labute approximate surface area is 51.7 Å². The first-order valence-corrected chi connectivity index (χ1v) is 2.52. The van der Waals surface area contributed by atoms with Crippen LogP contribution in [-0.4, -0.2) is 14.9 Å². The third-order valence-corrected chi connectivity index (χ3v) is 0.978. The van der Waals surface area contributed by atoms with Crippen LogP contribution < -0.4 is 0 Å². The Kier molecular flexibility index (Phi) is 1.48. The summed E-state index contributed by atoms with van der Waals surface area (Å²) < 4.78 is 13.4. The smallest absolute Gasteiger partial charge is 0.241 e. The second-order valence-electron chi connectivity index (χ2n) is 1.75. The van der Waals surface area contributed by atoms with Gasteiger partial charge in [-0.15, -0.1) is 0 Å². The molecule has 4 heteroatoms. The molecular weight excluding hydrogens is 123 g/mol. The highest BCUT2D eigenvalue weighted by Gasteiger charge is 2.05. The van der Waals surface area contributed by atoms with E-state index in [1.807, 2.05) is 0 Å². The number of aliphatic hydroxyl groups is 1. The van der Waals surface area contributed by atoms with Crippen LogP contribution in [0.2, 0.25) is 0 Å². The van der Waals surface area contributed by atoms with Crippen LogP contribution in [-0.2, 0) is 7.05 Å². The molecule has 0 radical (unpaired) electrons. The predicted octanol–water partition coefficient (Wildman–Crippen LogP) is 0.380. The largest absolute Gasteiger partial charge is 0.359 e. The molecule has 3 nitrogen and oxygen atoms in total. The lowest BCUT2D eigenvalue weighted by Gasteiger charge is -1.91. The normalized spacial score (nSPS) is 13.7. The molecule has 50 valence electrons.